The van der Waals surface area contributed by atoms with E-state index >= 15 is 0 Å². The average Bonchev–Trinajstić information content (AvgIpc) is 2.45. The number of aromatic nitrogens is 3. The van der Waals surface area contributed by atoms with Crippen LogP contribution in [0, 0.1) is 0 Å². The molecule has 1 aromatic rings. The summed E-state index contributed by atoms with van der Waals surface area (Å²) in [5.41, 5.74) is 0. The molecule has 0 spiro atoms. The first kappa shape index (κ1) is 16.5. The fourth-order valence-corrected chi connectivity index (χ4v) is 1.81. The maximum Gasteiger partial charge on any atom is 0.323 e. The second-order valence-electron chi connectivity index (χ2n) is 4.50. The topological polar surface area (TPSA) is 63.2 Å². The Morgan fingerprint density at radius 1 is 1.00 bits per heavy atom. The van der Waals surface area contributed by atoms with Crippen molar-refractivity contribution in [2.24, 2.45) is 0 Å². The molecule has 20 heavy (non-hydrogen) atoms. The van der Waals surface area contributed by atoms with Gasteiger partial charge in [0.2, 0.25) is 11.9 Å². The Bertz CT molecular complexity index is 382. The normalized spacial score (nSPS) is 10.4. The van der Waals surface area contributed by atoms with Crippen LogP contribution in [-0.4, -0.2) is 41.2 Å². The molecular weight excluding hydrogens is 254 g/mol. The van der Waals surface area contributed by atoms with Gasteiger partial charge in [-0.3, -0.25) is 0 Å². The molecule has 0 unspecified atom stereocenters. The van der Waals surface area contributed by atoms with Crippen LogP contribution in [0.5, 0.6) is 6.01 Å². The van der Waals surface area contributed by atoms with Gasteiger partial charge in [0.15, 0.2) is 0 Å². The van der Waals surface area contributed by atoms with Crippen molar-refractivity contribution in [2.75, 3.05) is 36.5 Å². The smallest absolute Gasteiger partial charge is 0.323 e. The molecule has 0 amide bonds. The number of ether oxygens (including phenoxy) is 1. The van der Waals surface area contributed by atoms with Gasteiger partial charge in [0.1, 0.15) is 0 Å². The lowest BCUT2D eigenvalue weighted by atomic mass is 10.3. The van der Waals surface area contributed by atoms with Crippen molar-refractivity contribution in [3.8, 4) is 6.01 Å². The van der Waals surface area contributed by atoms with E-state index in [9.17, 15) is 0 Å². The Morgan fingerprint density at radius 3 is 2.35 bits per heavy atom. The van der Waals surface area contributed by atoms with Gasteiger partial charge in [0.25, 0.3) is 0 Å². The van der Waals surface area contributed by atoms with E-state index in [2.05, 4.69) is 45.9 Å². The molecule has 6 nitrogen and oxygen atoms in total. The Hall–Kier alpha value is -1.59. The number of rotatable bonds is 10. The van der Waals surface area contributed by atoms with Gasteiger partial charge in [-0.2, -0.15) is 15.0 Å². The van der Waals surface area contributed by atoms with E-state index in [1.165, 1.54) is 6.42 Å². The lowest BCUT2D eigenvalue weighted by molar-refractivity contribution is 0.282. The third kappa shape index (κ3) is 5.19. The van der Waals surface area contributed by atoms with Gasteiger partial charge in [-0.15, -0.1) is 0 Å². The summed E-state index contributed by atoms with van der Waals surface area (Å²) in [6.07, 6.45) is 3.36. The predicted octanol–water partition coefficient (Wildman–Crippen LogP) is 2.72. The molecule has 0 aliphatic heterocycles. The van der Waals surface area contributed by atoms with Crippen LogP contribution >= 0.6 is 0 Å². The van der Waals surface area contributed by atoms with Crippen molar-refractivity contribution >= 4 is 11.9 Å². The van der Waals surface area contributed by atoms with E-state index < -0.39 is 0 Å². The van der Waals surface area contributed by atoms with Gasteiger partial charge >= 0.3 is 6.01 Å². The predicted molar refractivity (Wildman–Crippen MR) is 82.6 cm³/mol. The van der Waals surface area contributed by atoms with E-state index in [4.69, 9.17) is 4.74 Å². The molecule has 114 valence electrons. The first-order valence-corrected chi connectivity index (χ1v) is 7.62. The highest BCUT2D eigenvalue weighted by Gasteiger charge is 2.11. The molecule has 6 heteroatoms. The molecule has 0 saturated heterocycles. The van der Waals surface area contributed by atoms with Crippen LogP contribution in [0.1, 0.15) is 47.0 Å². The van der Waals surface area contributed by atoms with E-state index in [1.54, 1.807) is 0 Å². The number of anilines is 2. The highest BCUT2D eigenvalue weighted by Crippen LogP contribution is 2.15. The quantitative estimate of drug-likeness (QED) is 0.665. The van der Waals surface area contributed by atoms with Gasteiger partial charge in [-0.05, 0) is 27.2 Å². The molecule has 0 bridgehead atoms. The lowest BCUT2D eigenvalue weighted by Gasteiger charge is -2.19. The first-order chi connectivity index (χ1) is 9.74. The fourth-order valence-electron chi connectivity index (χ4n) is 1.81. The molecule has 0 fully saturated rings. The highest BCUT2D eigenvalue weighted by molar-refractivity contribution is 5.38. The van der Waals surface area contributed by atoms with Crippen LogP contribution in [0.15, 0.2) is 0 Å². The van der Waals surface area contributed by atoms with Crippen LogP contribution < -0.4 is 15.0 Å². The van der Waals surface area contributed by atoms with Crippen LogP contribution in [0.25, 0.3) is 0 Å². The van der Waals surface area contributed by atoms with Crippen molar-refractivity contribution in [3.05, 3.63) is 0 Å². The monoisotopic (exact) mass is 281 g/mol. The van der Waals surface area contributed by atoms with Crippen LogP contribution in [0.2, 0.25) is 0 Å². The minimum atomic E-state index is 0.411. The van der Waals surface area contributed by atoms with Gasteiger partial charge in [-0.1, -0.05) is 19.8 Å². The third-order valence-electron chi connectivity index (χ3n) is 2.96. The Labute approximate surface area is 122 Å². The summed E-state index contributed by atoms with van der Waals surface area (Å²) in [7, 11) is 0. The van der Waals surface area contributed by atoms with Gasteiger partial charge in [-0.25, -0.2) is 0 Å². The molecule has 0 aromatic carbocycles. The summed E-state index contributed by atoms with van der Waals surface area (Å²) in [6.45, 7) is 11.5. The van der Waals surface area contributed by atoms with Crippen molar-refractivity contribution in [3.63, 3.8) is 0 Å². The van der Waals surface area contributed by atoms with E-state index in [-0.39, 0.29) is 0 Å². The summed E-state index contributed by atoms with van der Waals surface area (Å²) in [6, 6.07) is 0.411. The number of nitrogens with one attached hydrogen (secondary N) is 1. The summed E-state index contributed by atoms with van der Waals surface area (Å²) in [5, 5.41) is 3.12. The molecule has 0 atom stereocenters. The van der Waals surface area contributed by atoms with Gasteiger partial charge in [0.05, 0.1) is 6.61 Å². The fraction of sp³-hybridized carbons (Fsp3) is 0.786. The number of hydrogen-bond donors (Lipinski definition) is 1. The Kier molecular flexibility index (Phi) is 7.69. The van der Waals surface area contributed by atoms with Gasteiger partial charge < -0.3 is 15.0 Å². The maximum atomic E-state index is 5.65. The summed E-state index contributed by atoms with van der Waals surface area (Å²) >= 11 is 0. The molecule has 0 radical (unpaired) electrons. The zero-order valence-corrected chi connectivity index (χ0v) is 13.1. The van der Waals surface area contributed by atoms with E-state index in [1.807, 2.05) is 6.92 Å². The maximum absolute atomic E-state index is 5.65. The molecular formula is C14H27N5O. The molecule has 1 N–H and O–H groups in total. The lowest BCUT2D eigenvalue weighted by Crippen LogP contribution is -2.25. The Morgan fingerprint density at radius 2 is 1.75 bits per heavy atom. The summed E-state index contributed by atoms with van der Waals surface area (Å²) in [5.74, 6) is 1.25. The zero-order valence-electron chi connectivity index (χ0n) is 13.1. The van der Waals surface area contributed by atoms with Crippen molar-refractivity contribution in [2.45, 2.75) is 47.0 Å². The third-order valence-corrected chi connectivity index (χ3v) is 2.96. The van der Waals surface area contributed by atoms with Crippen LogP contribution in [-0.2, 0) is 0 Å². The second kappa shape index (κ2) is 9.34. The number of hydrogen-bond acceptors (Lipinski definition) is 6. The summed E-state index contributed by atoms with van der Waals surface area (Å²) in [4.78, 5) is 15.2. The molecule has 0 aliphatic rings. The van der Waals surface area contributed by atoms with Gasteiger partial charge in [0, 0.05) is 19.6 Å². The molecule has 0 saturated carbocycles. The van der Waals surface area contributed by atoms with Crippen molar-refractivity contribution in [1.29, 1.82) is 0 Å². The number of nitrogens with zero attached hydrogens (tertiary/aromatic N) is 4. The first-order valence-electron chi connectivity index (χ1n) is 7.62. The average molecular weight is 281 g/mol. The van der Waals surface area contributed by atoms with E-state index in [0.717, 1.165) is 32.5 Å². The number of unbranched alkanes of at least 4 members (excludes halogenated alkanes) is 2. The largest absolute Gasteiger partial charge is 0.463 e. The standard InChI is InChI=1S/C14H27N5O/c1-5-9-10-11-20-14-17-12(15-6-2)16-13(18-14)19(7-3)8-4/h5-11H2,1-4H3,(H,15,16,17,18). The van der Waals surface area contributed by atoms with Crippen LogP contribution in [0.4, 0.5) is 11.9 Å². The minimum absolute atomic E-state index is 0.411. The molecule has 0 aliphatic carbocycles. The second-order valence-corrected chi connectivity index (χ2v) is 4.50. The Balaban J connectivity index is 2.80. The molecule has 1 aromatic heterocycles. The minimum Gasteiger partial charge on any atom is -0.463 e. The summed E-state index contributed by atoms with van der Waals surface area (Å²) < 4.78 is 5.65. The van der Waals surface area contributed by atoms with Crippen molar-refractivity contribution in [1.82, 2.24) is 15.0 Å². The highest BCUT2D eigenvalue weighted by atomic mass is 16.5. The van der Waals surface area contributed by atoms with E-state index in [0.29, 0.717) is 24.5 Å². The molecule has 1 rings (SSSR count). The van der Waals surface area contributed by atoms with Crippen molar-refractivity contribution < 1.29 is 4.74 Å². The zero-order chi connectivity index (χ0) is 14.8. The molecule has 1 heterocycles. The van der Waals surface area contributed by atoms with Crippen LogP contribution in [0.3, 0.4) is 0 Å². The SMILES string of the molecule is CCCCCOc1nc(NCC)nc(N(CC)CC)n1.